The Morgan fingerprint density at radius 1 is 1.14 bits per heavy atom. The molecule has 0 N–H and O–H groups in total. The first kappa shape index (κ1) is 17.6. The van der Waals surface area contributed by atoms with Crippen molar-refractivity contribution in [2.24, 2.45) is 0 Å². The van der Waals surface area contributed by atoms with Gasteiger partial charge in [-0.1, -0.05) is 0 Å². The molecule has 1 saturated heterocycles. The molecule has 0 atom stereocenters. The summed E-state index contributed by atoms with van der Waals surface area (Å²) < 4.78 is 9.61. The highest BCUT2D eigenvalue weighted by molar-refractivity contribution is 5.45. The molecular weight excluding hydrogens is 356 g/mol. The van der Waals surface area contributed by atoms with Crippen molar-refractivity contribution in [1.29, 1.82) is 0 Å². The van der Waals surface area contributed by atoms with E-state index in [2.05, 4.69) is 24.9 Å². The third kappa shape index (κ3) is 3.14. The molecule has 9 heteroatoms. The predicted octanol–water partition coefficient (Wildman–Crippen LogP) is 1.30. The highest BCUT2D eigenvalue weighted by Crippen LogP contribution is 2.28. The normalized spacial score (nSPS) is 18.5. The molecule has 0 saturated carbocycles. The number of aromatic nitrogens is 6. The Labute approximate surface area is 163 Å². The maximum absolute atomic E-state index is 5.61. The van der Waals surface area contributed by atoms with E-state index >= 15 is 0 Å². The number of hydrogen-bond acceptors (Lipinski definition) is 7. The zero-order valence-corrected chi connectivity index (χ0v) is 16.5. The van der Waals surface area contributed by atoms with Gasteiger partial charge in [-0.2, -0.15) is 9.61 Å². The van der Waals surface area contributed by atoms with Crippen LogP contribution >= 0.6 is 0 Å². The van der Waals surface area contributed by atoms with Crippen LogP contribution in [-0.2, 0) is 24.4 Å². The Kier molecular flexibility index (Phi) is 4.48. The summed E-state index contributed by atoms with van der Waals surface area (Å²) in [6.45, 7) is 5.32. The number of likely N-dealkylation sites (tertiary alicyclic amines) is 1. The van der Waals surface area contributed by atoms with Crippen LogP contribution in [0.25, 0.3) is 5.65 Å². The minimum absolute atomic E-state index is 0.389. The number of anilines is 1. The standard InChI is InChI=1S/C19H26N8O/c1-24(2)18-4-3-17-21-22-19(27(17)23-18)14-5-7-25(8-6-14)12-15-11-20-26-9-10-28-13-16(15)26/h3-4,11,14H,5-10,12-13H2,1-2H3. The van der Waals surface area contributed by atoms with Gasteiger partial charge in [-0.05, 0) is 38.1 Å². The minimum atomic E-state index is 0.389. The first-order valence-electron chi connectivity index (χ1n) is 9.92. The van der Waals surface area contributed by atoms with Gasteiger partial charge in [-0.25, -0.2) is 0 Å². The van der Waals surface area contributed by atoms with E-state index in [1.807, 2.05) is 41.8 Å². The average molecular weight is 382 g/mol. The fraction of sp³-hybridized carbons (Fsp3) is 0.579. The second kappa shape index (κ2) is 7.14. The second-order valence-electron chi connectivity index (χ2n) is 7.86. The highest BCUT2D eigenvalue weighted by atomic mass is 16.5. The average Bonchev–Trinajstić information content (AvgIpc) is 3.33. The Balaban J connectivity index is 1.28. The Morgan fingerprint density at radius 3 is 2.82 bits per heavy atom. The van der Waals surface area contributed by atoms with Crippen LogP contribution in [0.2, 0.25) is 0 Å². The van der Waals surface area contributed by atoms with Gasteiger partial charge in [0.2, 0.25) is 0 Å². The number of nitrogens with zero attached hydrogens (tertiary/aromatic N) is 8. The van der Waals surface area contributed by atoms with Gasteiger partial charge in [0.15, 0.2) is 11.5 Å². The van der Waals surface area contributed by atoms with Gasteiger partial charge in [0, 0.05) is 32.1 Å². The molecule has 28 heavy (non-hydrogen) atoms. The molecule has 0 amide bonds. The summed E-state index contributed by atoms with van der Waals surface area (Å²) in [4.78, 5) is 4.51. The van der Waals surface area contributed by atoms with Crippen LogP contribution in [0.1, 0.15) is 35.8 Å². The Bertz CT molecular complexity index is 970. The molecule has 0 bridgehead atoms. The van der Waals surface area contributed by atoms with Crippen molar-refractivity contribution in [3.8, 4) is 0 Å². The summed E-state index contributed by atoms with van der Waals surface area (Å²) in [6, 6.07) is 3.96. The second-order valence-corrected chi connectivity index (χ2v) is 7.86. The summed E-state index contributed by atoms with van der Waals surface area (Å²) in [5, 5.41) is 18.0. The van der Waals surface area contributed by atoms with Crippen molar-refractivity contribution in [2.75, 3.05) is 38.7 Å². The molecule has 0 spiro atoms. The number of rotatable bonds is 4. The number of fused-ring (bicyclic) bond motifs is 2. The Hall–Kier alpha value is -2.52. The summed E-state index contributed by atoms with van der Waals surface area (Å²) in [5.74, 6) is 2.29. The van der Waals surface area contributed by atoms with E-state index in [1.54, 1.807) is 0 Å². The molecule has 9 nitrogen and oxygen atoms in total. The predicted molar refractivity (Wildman–Crippen MR) is 104 cm³/mol. The van der Waals surface area contributed by atoms with Crippen molar-refractivity contribution in [3.05, 3.63) is 35.4 Å². The van der Waals surface area contributed by atoms with Gasteiger partial charge in [0.25, 0.3) is 0 Å². The molecule has 0 aromatic carbocycles. The lowest BCUT2D eigenvalue weighted by atomic mass is 9.96. The van der Waals surface area contributed by atoms with Crippen LogP contribution < -0.4 is 4.90 Å². The van der Waals surface area contributed by atoms with E-state index in [4.69, 9.17) is 9.84 Å². The zero-order valence-electron chi connectivity index (χ0n) is 16.5. The van der Waals surface area contributed by atoms with Gasteiger partial charge in [0.05, 0.1) is 31.6 Å². The van der Waals surface area contributed by atoms with Gasteiger partial charge < -0.3 is 9.64 Å². The van der Waals surface area contributed by atoms with E-state index in [1.165, 1.54) is 11.3 Å². The highest BCUT2D eigenvalue weighted by Gasteiger charge is 2.26. The lowest BCUT2D eigenvalue weighted by Crippen LogP contribution is -2.33. The van der Waals surface area contributed by atoms with Crippen LogP contribution in [0.5, 0.6) is 0 Å². The van der Waals surface area contributed by atoms with Gasteiger partial charge >= 0.3 is 0 Å². The van der Waals surface area contributed by atoms with E-state index in [0.717, 1.165) is 62.9 Å². The van der Waals surface area contributed by atoms with Crippen molar-refractivity contribution in [3.63, 3.8) is 0 Å². The lowest BCUT2D eigenvalue weighted by Gasteiger charge is -2.31. The van der Waals surface area contributed by atoms with Crippen LogP contribution in [0.3, 0.4) is 0 Å². The fourth-order valence-corrected chi connectivity index (χ4v) is 4.14. The smallest absolute Gasteiger partial charge is 0.178 e. The van der Waals surface area contributed by atoms with E-state index in [0.29, 0.717) is 12.5 Å². The quantitative estimate of drug-likeness (QED) is 0.673. The number of ether oxygens (including phenoxy) is 1. The molecule has 5 rings (SSSR count). The molecule has 0 unspecified atom stereocenters. The largest absolute Gasteiger partial charge is 0.373 e. The van der Waals surface area contributed by atoms with Crippen LogP contribution in [0, 0.1) is 0 Å². The van der Waals surface area contributed by atoms with Crippen LogP contribution in [0.4, 0.5) is 5.82 Å². The monoisotopic (exact) mass is 382 g/mol. The molecule has 5 heterocycles. The SMILES string of the molecule is CN(C)c1ccc2nnc(C3CCN(Cc4cnn5c4COCC5)CC3)n2n1. The maximum Gasteiger partial charge on any atom is 0.178 e. The molecule has 2 aliphatic rings. The Morgan fingerprint density at radius 2 is 2.00 bits per heavy atom. The zero-order chi connectivity index (χ0) is 19.1. The van der Waals surface area contributed by atoms with Gasteiger partial charge in [-0.3, -0.25) is 9.58 Å². The third-order valence-electron chi connectivity index (χ3n) is 5.80. The number of hydrogen-bond donors (Lipinski definition) is 0. The molecular formula is C19H26N8O. The van der Waals surface area contributed by atoms with Crippen LogP contribution in [-0.4, -0.2) is 68.3 Å². The molecule has 2 aliphatic heterocycles. The molecule has 148 valence electrons. The van der Waals surface area contributed by atoms with E-state index in [-0.39, 0.29) is 0 Å². The van der Waals surface area contributed by atoms with Gasteiger partial charge in [-0.15, -0.1) is 15.3 Å². The minimum Gasteiger partial charge on any atom is -0.373 e. The van der Waals surface area contributed by atoms with Crippen molar-refractivity contribution in [1.82, 2.24) is 34.5 Å². The first-order chi connectivity index (χ1) is 13.7. The summed E-state index contributed by atoms with van der Waals surface area (Å²) in [6.07, 6.45) is 4.14. The molecule has 0 radical (unpaired) electrons. The lowest BCUT2D eigenvalue weighted by molar-refractivity contribution is 0.0784. The summed E-state index contributed by atoms with van der Waals surface area (Å²) >= 11 is 0. The number of piperidine rings is 1. The molecule has 0 aliphatic carbocycles. The van der Waals surface area contributed by atoms with Crippen LogP contribution in [0.15, 0.2) is 18.3 Å². The molecule has 3 aromatic rings. The molecule has 3 aromatic heterocycles. The van der Waals surface area contributed by atoms with Gasteiger partial charge in [0.1, 0.15) is 5.82 Å². The summed E-state index contributed by atoms with van der Waals surface area (Å²) in [7, 11) is 3.99. The fourth-order valence-electron chi connectivity index (χ4n) is 4.14. The van der Waals surface area contributed by atoms with Crippen molar-refractivity contribution < 1.29 is 4.74 Å². The topological polar surface area (TPSA) is 76.6 Å². The van der Waals surface area contributed by atoms with E-state index < -0.39 is 0 Å². The molecule has 1 fully saturated rings. The van der Waals surface area contributed by atoms with E-state index in [9.17, 15) is 0 Å². The third-order valence-corrected chi connectivity index (χ3v) is 5.80. The maximum atomic E-state index is 5.61. The van der Waals surface area contributed by atoms with Crippen molar-refractivity contribution in [2.45, 2.75) is 38.5 Å². The summed E-state index contributed by atoms with van der Waals surface area (Å²) in [5.41, 5.74) is 3.34. The van der Waals surface area contributed by atoms with Crippen molar-refractivity contribution >= 4 is 11.5 Å². The first-order valence-corrected chi connectivity index (χ1v) is 9.92.